The van der Waals surface area contributed by atoms with Gasteiger partial charge in [-0.1, -0.05) is 86.0 Å². The predicted octanol–water partition coefficient (Wildman–Crippen LogP) is 6.83. The zero-order valence-electron chi connectivity index (χ0n) is 23.0. The van der Waals surface area contributed by atoms with Crippen LogP contribution in [-0.2, 0) is 0 Å². The SMILES string of the molecule is CCN(C(=O)c1cccc(N2CCN(CCC(c3ccccc3)c3ccccc3)CC2)c1)C1CCCCC1. The summed E-state index contributed by atoms with van der Waals surface area (Å²) in [4.78, 5) is 20.6. The van der Waals surface area contributed by atoms with Crippen LogP contribution in [0.25, 0.3) is 0 Å². The first-order chi connectivity index (χ1) is 18.7. The van der Waals surface area contributed by atoms with Gasteiger partial charge in [-0.2, -0.15) is 0 Å². The minimum absolute atomic E-state index is 0.202. The molecule has 1 aliphatic carbocycles. The van der Waals surface area contributed by atoms with E-state index in [-0.39, 0.29) is 5.91 Å². The molecule has 0 spiro atoms. The topological polar surface area (TPSA) is 26.8 Å². The summed E-state index contributed by atoms with van der Waals surface area (Å²) in [5, 5.41) is 0. The largest absolute Gasteiger partial charge is 0.369 e. The van der Waals surface area contributed by atoms with Crippen molar-refractivity contribution >= 4 is 11.6 Å². The number of carbonyl (C=O) groups is 1. The van der Waals surface area contributed by atoms with E-state index in [0.717, 1.165) is 64.1 Å². The summed E-state index contributed by atoms with van der Waals surface area (Å²) >= 11 is 0. The van der Waals surface area contributed by atoms with E-state index < -0.39 is 0 Å². The molecule has 1 aliphatic heterocycles. The van der Waals surface area contributed by atoms with E-state index in [1.807, 2.05) is 6.07 Å². The highest BCUT2D eigenvalue weighted by Crippen LogP contribution is 2.29. The number of benzene rings is 3. The number of rotatable bonds is 9. The van der Waals surface area contributed by atoms with E-state index >= 15 is 0 Å². The van der Waals surface area contributed by atoms with E-state index in [0.29, 0.717) is 12.0 Å². The van der Waals surface area contributed by atoms with Crippen LogP contribution in [-0.4, -0.2) is 61.0 Å². The molecule has 0 N–H and O–H groups in total. The molecule has 1 saturated heterocycles. The van der Waals surface area contributed by atoms with Crippen molar-refractivity contribution in [2.45, 2.75) is 57.4 Å². The number of amides is 1. The van der Waals surface area contributed by atoms with Gasteiger partial charge in [0.05, 0.1) is 0 Å². The summed E-state index contributed by atoms with van der Waals surface area (Å²) in [6, 6.07) is 30.6. The van der Waals surface area contributed by atoms with Gasteiger partial charge in [-0.3, -0.25) is 9.69 Å². The quantitative estimate of drug-likeness (QED) is 0.316. The van der Waals surface area contributed by atoms with Gasteiger partial charge < -0.3 is 9.80 Å². The molecular weight excluding hydrogens is 466 g/mol. The Morgan fingerprint density at radius 3 is 2.05 bits per heavy atom. The molecule has 0 atom stereocenters. The van der Waals surface area contributed by atoms with Gasteiger partial charge in [0.2, 0.25) is 0 Å². The third-order valence-electron chi connectivity index (χ3n) is 8.59. The molecule has 5 rings (SSSR count). The Labute approximate surface area is 229 Å². The Morgan fingerprint density at radius 1 is 0.816 bits per heavy atom. The van der Waals surface area contributed by atoms with Gasteiger partial charge in [-0.15, -0.1) is 0 Å². The summed E-state index contributed by atoms with van der Waals surface area (Å²) in [6.45, 7) is 8.11. The highest BCUT2D eigenvalue weighted by Gasteiger charge is 2.26. The minimum Gasteiger partial charge on any atom is -0.369 e. The second-order valence-corrected chi connectivity index (χ2v) is 10.9. The molecular formula is C34H43N3O. The number of carbonyl (C=O) groups excluding carboxylic acids is 1. The second kappa shape index (κ2) is 13.1. The molecule has 200 valence electrons. The molecule has 1 saturated carbocycles. The van der Waals surface area contributed by atoms with Gasteiger partial charge in [-0.25, -0.2) is 0 Å². The van der Waals surface area contributed by atoms with Gasteiger partial charge in [0.15, 0.2) is 0 Å². The number of anilines is 1. The maximum atomic E-state index is 13.4. The van der Waals surface area contributed by atoms with Crippen LogP contribution in [0.3, 0.4) is 0 Å². The van der Waals surface area contributed by atoms with Crippen molar-refractivity contribution in [3.05, 3.63) is 102 Å². The minimum atomic E-state index is 0.202. The van der Waals surface area contributed by atoms with Crippen molar-refractivity contribution in [1.82, 2.24) is 9.80 Å². The second-order valence-electron chi connectivity index (χ2n) is 10.9. The zero-order valence-corrected chi connectivity index (χ0v) is 23.0. The standard InChI is InChI=1S/C34H43N3O/c1-2-37(31-18-10-5-11-19-31)34(38)30-17-12-20-32(27-30)36-25-23-35(24-26-36)22-21-33(28-13-6-3-7-14-28)29-15-8-4-9-16-29/h3-4,6-9,12-17,20,27,31,33H,2,5,10-11,18-19,21-26H2,1H3. The van der Waals surface area contributed by atoms with Crippen molar-refractivity contribution in [1.29, 1.82) is 0 Å². The highest BCUT2D eigenvalue weighted by atomic mass is 16.2. The molecule has 1 heterocycles. The molecule has 4 nitrogen and oxygen atoms in total. The molecule has 3 aromatic rings. The highest BCUT2D eigenvalue weighted by molar-refractivity contribution is 5.95. The van der Waals surface area contributed by atoms with Crippen LogP contribution < -0.4 is 4.90 Å². The van der Waals surface area contributed by atoms with Gasteiger partial charge in [0, 0.05) is 55.9 Å². The first-order valence-corrected chi connectivity index (χ1v) is 14.7. The lowest BCUT2D eigenvalue weighted by Crippen LogP contribution is -2.47. The fourth-order valence-electron chi connectivity index (χ4n) is 6.40. The van der Waals surface area contributed by atoms with Gasteiger partial charge in [0.1, 0.15) is 0 Å². The lowest BCUT2D eigenvalue weighted by atomic mass is 9.88. The summed E-state index contributed by atoms with van der Waals surface area (Å²) in [7, 11) is 0. The van der Waals surface area contributed by atoms with Crippen LogP contribution >= 0.6 is 0 Å². The van der Waals surface area contributed by atoms with Crippen LogP contribution in [0.1, 0.15) is 72.9 Å². The van der Waals surface area contributed by atoms with Gasteiger partial charge in [0.25, 0.3) is 5.91 Å². The molecule has 0 bridgehead atoms. The van der Waals surface area contributed by atoms with Gasteiger partial charge >= 0.3 is 0 Å². The van der Waals surface area contributed by atoms with Crippen molar-refractivity contribution in [3.8, 4) is 0 Å². The molecule has 3 aromatic carbocycles. The van der Waals surface area contributed by atoms with Crippen molar-refractivity contribution in [2.24, 2.45) is 0 Å². The number of hydrogen-bond acceptors (Lipinski definition) is 3. The van der Waals surface area contributed by atoms with E-state index in [2.05, 4.69) is 100 Å². The molecule has 2 aliphatic rings. The Kier molecular flexibility index (Phi) is 9.14. The number of nitrogens with zero attached hydrogens (tertiary/aromatic N) is 3. The Hall–Kier alpha value is -3.11. The first-order valence-electron chi connectivity index (χ1n) is 14.7. The molecule has 0 unspecified atom stereocenters. The van der Waals surface area contributed by atoms with E-state index in [9.17, 15) is 4.79 Å². The molecule has 0 aromatic heterocycles. The van der Waals surface area contributed by atoms with Crippen LogP contribution in [0.4, 0.5) is 5.69 Å². The van der Waals surface area contributed by atoms with Crippen molar-refractivity contribution in [3.63, 3.8) is 0 Å². The molecule has 0 radical (unpaired) electrons. The summed E-state index contributed by atoms with van der Waals surface area (Å²) in [5.74, 6) is 0.622. The van der Waals surface area contributed by atoms with Crippen LogP contribution in [0.2, 0.25) is 0 Å². The van der Waals surface area contributed by atoms with Gasteiger partial charge in [-0.05, 0) is 62.1 Å². The first kappa shape index (κ1) is 26.5. The fourth-order valence-corrected chi connectivity index (χ4v) is 6.40. The lowest BCUT2D eigenvalue weighted by Gasteiger charge is -2.37. The molecule has 4 heteroatoms. The monoisotopic (exact) mass is 509 g/mol. The average molecular weight is 510 g/mol. The zero-order chi connectivity index (χ0) is 26.2. The third-order valence-corrected chi connectivity index (χ3v) is 8.59. The summed E-state index contributed by atoms with van der Waals surface area (Å²) in [6.07, 6.45) is 7.22. The number of piperazine rings is 1. The van der Waals surface area contributed by atoms with Crippen molar-refractivity contribution in [2.75, 3.05) is 44.2 Å². The van der Waals surface area contributed by atoms with E-state index in [4.69, 9.17) is 0 Å². The fraction of sp³-hybridized carbons (Fsp3) is 0.441. The van der Waals surface area contributed by atoms with Crippen LogP contribution in [0.5, 0.6) is 0 Å². The molecule has 38 heavy (non-hydrogen) atoms. The Bertz CT molecular complexity index is 1100. The predicted molar refractivity (Wildman–Crippen MR) is 158 cm³/mol. The van der Waals surface area contributed by atoms with E-state index in [1.54, 1.807) is 0 Å². The van der Waals surface area contributed by atoms with Crippen LogP contribution in [0.15, 0.2) is 84.9 Å². The maximum absolute atomic E-state index is 13.4. The molecule has 1 amide bonds. The Balaban J connectivity index is 1.18. The Morgan fingerprint density at radius 2 is 1.45 bits per heavy atom. The number of hydrogen-bond donors (Lipinski definition) is 0. The van der Waals surface area contributed by atoms with Crippen LogP contribution in [0, 0.1) is 0 Å². The summed E-state index contributed by atoms with van der Waals surface area (Å²) < 4.78 is 0. The lowest BCUT2D eigenvalue weighted by molar-refractivity contribution is 0.0648. The summed E-state index contributed by atoms with van der Waals surface area (Å²) in [5.41, 5.74) is 4.81. The third kappa shape index (κ3) is 6.47. The van der Waals surface area contributed by atoms with Crippen molar-refractivity contribution < 1.29 is 4.79 Å². The maximum Gasteiger partial charge on any atom is 0.254 e. The smallest absolute Gasteiger partial charge is 0.254 e. The van der Waals surface area contributed by atoms with E-state index in [1.165, 1.54) is 36.1 Å². The average Bonchev–Trinajstić information content (AvgIpc) is 3.00. The normalized spacial score (nSPS) is 17.1. The molecule has 2 fully saturated rings.